The van der Waals surface area contributed by atoms with Gasteiger partial charge in [0.2, 0.25) is 0 Å². The molecular weight excluding hydrogens is 278 g/mol. The highest BCUT2D eigenvalue weighted by Crippen LogP contribution is 2.20. The Morgan fingerprint density at radius 2 is 1.71 bits per heavy atom. The maximum atomic E-state index is 11.7. The molecule has 0 spiro atoms. The summed E-state index contributed by atoms with van der Waals surface area (Å²) >= 11 is 0. The van der Waals surface area contributed by atoms with Crippen LogP contribution in [0, 0.1) is 0 Å². The van der Waals surface area contributed by atoms with Crippen LogP contribution in [0.15, 0.2) is 18.2 Å². The molecule has 0 fully saturated rings. The van der Waals surface area contributed by atoms with Crippen molar-refractivity contribution >= 4 is 11.7 Å². The summed E-state index contributed by atoms with van der Waals surface area (Å²) in [7, 11) is 1.60. The third-order valence-corrected chi connectivity index (χ3v) is 2.51. The van der Waals surface area contributed by atoms with E-state index >= 15 is 0 Å². The Morgan fingerprint density at radius 3 is 2.33 bits per heavy atom. The third kappa shape index (κ3) is 6.94. The third-order valence-electron chi connectivity index (χ3n) is 2.51. The number of nitrogens with two attached hydrogens (primary N) is 1. The minimum Gasteiger partial charge on any atom is -0.507 e. The molecule has 7 nitrogen and oxygen atoms in total. The van der Waals surface area contributed by atoms with Gasteiger partial charge in [-0.15, -0.1) is 0 Å². The second-order valence-electron chi connectivity index (χ2n) is 4.13. The Labute approximate surface area is 123 Å². The van der Waals surface area contributed by atoms with Crippen molar-refractivity contribution in [3.63, 3.8) is 0 Å². The van der Waals surface area contributed by atoms with Gasteiger partial charge in [-0.05, 0) is 12.1 Å². The molecule has 0 amide bonds. The molecule has 0 aliphatic carbocycles. The van der Waals surface area contributed by atoms with Crippen LogP contribution < -0.4 is 5.73 Å². The second kappa shape index (κ2) is 9.98. The van der Waals surface area contributed by atoms with Gasteiger partial charge in [0, 0.05) is 18.9 Å². The van der Waals surface area contributed by atoms with Gasteiger partial charge in [-0.3, -0.25) is 0 Å². The van der Waals surface area contributed by atoms with E-state index in [2.05, 4.69) is 0 Å². The van der Waals surface area contributed by atoms with Crippen LogP contribution in [0.3, 0.4) is 0 Å². The zero-order valence-corrected chi connectivity index (χ0v) is 12.0. The van der Waals surface area contributed by atoms with Gasteiger partial charge in [-0.2, -0.15) is 0 Å². The average molecular weight is 299 g/mol. The highest BCUT2D eigenvalue weighted by Gasteiger charge is 2.12. The van der Waals surface area contributed by atoms with Crippen LogP contribution in [-0.4, -0.2) is 57.8 Å². The number of anilines is 1. The molecule has 0 aromatic heterocycles. The number of methoxy groups -OCH3 is 1. The number of ether oxygens (including phenoxy) is 4. The number of carbonyl (C=O) groups excluding carboxylic acids is 1. The van der Waals surface area contributed by atoms with Crippen LogP contribution in [0.1, 0.15) is 10.4 Å². The molecule has 7 heteroatoms. The van der Waals surface area contributed by atoms with Crippen LogP contribution in [0.2, 0.25) is 0 Å². The van der Waals surface area contributed by atoms with E-state index in [-0.39, 0.29) is 24.5 Å². The number of esters is 1. The van der Waals surface area contributed by atoms with E-state index in [9.17, 15) is 9.90 Å². The van der Waals surface area contributed by atoms with Gasteiger partial charge in [-0.1, -0.05) is 0 Å². The van der Waals surface area contributed by atoms with E-state index in [1.54, 1.807) is 7.11 Å². The smallest absolute Gasteiger partial charge is 0.341 e. The molecule has 0 aliphatic heterocycles. The molecule has 1 rings (SSSR count). The van der Waals surface area contributed by atoms with Crippen molar-refractivity contribution in [1.82, 2.24) is 0 Å². The van der Waals surface area contributed by atoms with Crippen molar-refractivity contribution in [2.45, 2.75) is 0 Å². The van der Waals surface area contributed by atoms with E-state index in [4.69, 9.17) is 24.7 Å². The first-order chi connectivity index (χ1) is 10.1. The number of hydrogen-bond acceptors (Lipinski definition) is 7. The summed E-state index contributed by atoms with van der Waals surface area (Å²) in [6.07, 6.45) is 0. The molecule has 1 aromatic rings. The van der Waals surface area contributed by atoms with Gasteiger partial charge in [0.1, 0.15) is 17.9 Å². The summed E-state index contributed by atoms with van der Waals surface area (Å²) in [4.78, 5) is 11.7. The lowest BCUT2D eigenvalue weighted by atomic mass is 10.2. The van der Waals surface area contributed by atoms with Crippen LogP contribution in [-0.2, 0) is 18.9 Å². The van der Waals surface area contributed by atoms with E-state index in [1.165, 1.54) is 18.2 Å². The SMILES string of the molecule is COCCOCCOCCOC(=O)c1ccc(N)cc1O. The van der Waals surface area contributed by atoms with Gasteiger partial charge < -0.3 is 29.8 Å². The van der Waals surface area contributed by atoms with Crippen molar-refractivity contribution in [2.75, 3.05) is 52.5 Å². The molecular formula is C14H21NO6. The van der Waals surface area contributed by atoms with Crippen molar-refractivity contribution in [3.05, 3.63) is 23.8 Å². The van der Waals surface area contributed by atoms with E-state index in [0.717, 1.165) is 0 Å². The summed E-state index contributed by atoms with van der Waals surface area (Å²) in [6.45, 7) is 2.29. The first kappa shape index (κ1) is 17.2. The predicted molar refractivity (Wildman–Crippen MR) is 76.3 cm³/mol. The van der Waals surface area contributed by atoms with Crippen LogP contribution in [0.4, 0.5) is 5.69 Å². The van der Waals surface area contributed by atoms with E-state index in [1.807, 2.05) is 0 Å². The van der Waals surface area contributed by atoms with Gasteiger partial charge in [0.05, 0.1) is 33.0 Å². The number of nitrogen functional groups attached to an aromatic ring is 1. The topological polar surface area (TPSA) is 100 Å². The number of aromatic hydroxyl groups is 1. The van der Waals surface area contributed by atoms with Crippen LogP contribution >= 0.6 is 0 Å². The molecule has 0 unspecified atom stereocenters. The fourth-order valence-corrected chi connectivity index (χ4v) is 1.46. The number of carbonyl (C=O) groups is 1. The Hall–Kier alpha value is -1.83. The monoisotopic (exact) mass is 299 g/mol. The zero-order chi connectivity index (χ0) is 15.5. The molecule has 118 valence electrons. The maximum Gasteiger partial charge on any atom is 0.341 e. The summed E-state index contributed by atoms with van der Waals surface area (Å²) in [6, 6.07) is 4.23. The average Bonchev–Trinajstić information content (AvgIpc) is 2.45. The highest BCUT2D eigenvalue weighted by molar-refractivity contribution is 5.92. The lowest BCUT2D eigenvalue weighted by Gasteiger charge is -2.08. The molecule has 0 heterocycles. The molecule has 1 aromatic carbocycles. The number of phenolic OH excluding ortho intramolecular Hbond substituents is 1. The number of rotatable bonds is 10. The Morgan fingerprint density at radius 1 is 1.10 bits per heavy atom. The van der Waals surface area contributed by atoms with Crippen molar-refractivity contribution in [2.24, 2.45) is 0 Å². The normalized spacial score (nSPS) is 10.5. The fourth-order valence-electron chi connectivity index (χ4n) is 1.46. The quantitative estimate of drug-likeness (QED) is 0.374. The lowest BCUT2D eigenvalue weighted by molar-refractivity contribution is 0.00561. The van der Waals surface area contributed by atoms with Crippen molar-refractivity contribution in [3.8, 4) is 5.75 Å². The second-order valence-corrected chi connectivity index (χ2v) is 4.13. The standard InChI is InChI=1S/C14H21NO6/c1-18-4-5-19-6-7-20-8-9-21-14(17)12-3-2-11(15)10-13(12)16/h2-3,10,16H,4-9,15H2,1H3. The molecule has 0 atom stereocenters. The molecule has 21 heavy (non-hydrogen) atoms. The van der Waals surface area contributed by atoms with Gasteiger partial charge >= 0.3 is 5.97 Å². The molecule has 0 saturated carbocycles. The summed E-state index contributed by atoms with van der Waals surface area (Å²) in [5.41, 5.74) is 5.93. The van der Waals surface area contributed by atoms with Crippen LogP contribution in [0.25, 0.3) is 0 Å². The predicted octanol–water partition coefficient (Wildman–Crippen LogP) is 0.811. The zero-order valence-electron chi connectivity index (χ0n) is 12.0. The number of phenols is 1. The molecule has 0 saturated heterocycles. The van der Waals surface area contributed by atoms with Gasteiger partial charge in [-0.25, -0.2) is 4.79 Å². The van der Waals surface area contributed by atoms with E-state index in [0.29, 0.717) is 32.1 Å². The summed E-state index contributed by atoms with van der Waals surface area (Å²) < 4.78 is 20.2. The first-order valence-electron chi connectivity index (χ1n) is 6.55. The Bertz CT molecular complexity index is 437. The summed E-state index contributed by atoms with van der Waals surface area (Å²) in [5, 5.41) is 9.57. The van der Waals surface area contributed by atoms with Gasteiger partial charge in [0.25, 0.3) is 0 Å². The Balaban J connectivity index is 2.11. The minimum atomic E-state index is -0.618. The fraction of sp³-hybridized carbons (Fsp3) is 0.500. The molecule has 0 aliphatic rings. The van der Waals surface area contributed by atoms with E-state index < -0.39 is 5.97 Å². The molecule has 3 N–H and O–H groups in total. The molecule has 0 radical (unpaired) electrons. The molecule has 0 bridgehead atoms. The van der Waals surface area contributed by atoms with Gasteiger partial charge in [0.15, 0.2) is 0 Å². The Kier molecular flexibility index (Phi) is 8.18. The number of benzene rings is 1. The van der Waals surface area contributed by atoms with Crippen molar-refractivity contribution < 1.29 is 28.8 Å². The first-order valence-corrected chi connectivity index (χ1v) is 6.55. The van der Waals surface area contributed by atoms with Crippen LogP contribution in [0.5, 0.6) is 5.75 Å². The van der Waals surface area contributed by atoms with Crippen molar-refractivity contribution in [1.29, 1.82) is 0 Å². The number of hydrogen-bond donors (Lipinski definition) is 2. The largest absolute Gasteiger partial charge is 0.507 e. The minimum absolute atomic E-state index is 0.0760. The highest BCUT2D eigenvalue weighted by atomic mass is 16.6. The lowest BCUT2D eigenvalue weighted by Crippen LogP contribution is -2.14. The summed E-state index contributed by atoms with van der Waals surface area (Å²) in [5.74, 6) is -0.820. The maximum absolute atomic E-state index is 11.7.